The Morgan fingerprint density at radius 3 is 2.31 bits per heavy atom. The number of hydrogen-bond acceptors (Lipinski definition) is 5. The zero-order chi connectivity index (χ0) is 21.0. The first-order valence-corrected chi connectivity index (χ1v) is 10.1. The van der Waals surface area contributed by atoms with Crippen molar-refractivity contribution in [2.75, 3.05) is 50.6 Å². The van der Waals surface area contributed by atoms with Crippen molar-refractivity contribution in [3.63, 3.8) is 0 Å². The van der Waals surface area contributed by atoms with Gasteiger partial charge in [0.15, 0.2) is 0 Å². The Balaban J connectivity index is 1.59. The van der Waals surface area contributed by atoms with Gasteiger partial charge in [0.05, 0.1) is 25.9 Å². The van der Waals surface area contributed by atoms with Crippen LogP contribution in [0.3, 0.4) is 0 Å². The van der Waals surface area contributed by atoms with E-state index in [1.807, 2.05) is 32.0 Å². The number of aryl methyl sites for hydroxylation is 1. The summed E-state index contributed by atoms with van der Waals surface area (Å²) >= 11 is 6.15. The second-order valence-electron chi connectivity index (χ2n) is 7.19. The van der Waals surface area contributed by atoms with Crippen molar-refractivity contribution >= 4 is 28.9 Å². The zero-order valence-corrected chi connectivity index (χ0v) is 18.1. The van der Waals surface area contributed by atoms with Crippen LogP contribution in [-0.2, 0) is 4.79 Å². The van der Waals surface area contributed by atoms with Crippen LogP contribution in [0.25, 0.3) is 0 Å². The van der Waals surface area contributed by atoms with Gasteiger partial charge in [0, 0.05) is 43.0 Å². The molecule has 1 amide bonds. The lowest BCUT2D eigenvalue weighted by molar-refractivity contribution is -0.120. The lowest BCUT2D eigenvalue weighted by Crippen LogP contribution is -2.52. The molecule has 1 N–H and O–H groups in total. The minimum absolute atomic E-state index is 0.0529. The van der Waals surface area contributed by atoms with E-state index in [9.17, 15) is 4.79 Å². The largest absolute Gasteiger partial charge is 0.497 e. The van der Waals surface area contributed by atoms with Crippen molar-refractivity contribution in [2.45, 2.75) is 19.9 Å². The van der Waals surface area contributed by atoms with Gasteiger partial charge in [-0.3, -0.25) is 9.69 Å². The lowest BCUT2D eigenvalue weighted by Gasteiger charge is -2.38. The van der Waals surface area contributed by atoms with Crippen molar-refractivity contribution in [1.29, 1.82) is 0 Å². The van der Waals surface area contributed by atoms with E-state index in [2.05, 4.69) is 27.2 Å². The number of carbonyl (C=O) groups excluding carboxylic acids is 1. The fourth-order valence-electron chi connectivity index (χ4n) is 3.49. The first kappa shape index (κ1) is 21.3. The Bertz CT molecular complexity index is 849. The molecule has 1 unspecified atom stereocenters. The van der Waals surface area contributed by atoms with Gasteiger partial charge in [-0.05, 0) is 49.7 Å². The number of nitrogens with one attached hydrogen (secondary N) is 1. The van der Waals surface area contributed by atoms with Gasteiger partial charge in [0.1, 0.15) is 11.5 Å². The van der Waals surface area contributed by atoms with Crippen LogP contribution in [0.4, 0.5) is 11.4 Å². The molecule has 6 nitrogen and oxygen atoms in total. The summed E-state index contributed by atoms with van der Waals surface area (Å²) in [5.74, 6) is 1.36. The minimum Gasteiger partial charge on any atom is -0.497 e. The predicted octanol–water partition coefficient (Wildman–Crippen LogP) is 3.81. The molecule has 0 aromatic heterocycles. The molecule has 1 saturated heterocycles. The Kier molecular flexibility index (Phi) is 6.87. The van der Waals surface area contributed by atoms with E-state index in [-0.39, 0.29) is 11.9 Å². The quantitative estimate of drug-likeness (QED) is 0.774. The number of nitrogens with zero attached hydrogens (tertiary/aromatic N) is 2. The molecular formula is C22H28ClN3O3. The van der Waals surface area contributed by atoms with Gasteiger partial charge in [0.2, 0.25) is 5.91 Å². The molecule has 1 fully saturated rings. The summed E-state index contributed by atoms with van der Waals surface area (Å²) in [6.07, 6.45) is 0. The van der Waals surface area contributed by atoms with E-state index in [0.717, 1.165) is 37.5 Å². The highest BCUT2D eigenvalue weighted by molar-refractivity contribution is 6.31. The van der Waals surface area contributed by atoms with Crippen LogP contribution in [0.1, 0.15) is 12.5 Å². The maximum Gasteiger partial charge on any atom is 0.241 e. The number of rotatable bonds is 6. The molecule has 2 aromatic rings. The summed E-state index contributed by atoms with van der Waals surface area (Å²) in [5.41, 5.74) is 2.70. The van der Waals surface area contributed by atoms with Gasteiger partial charge < -0.3 is 19.7 Å². The molecule has 0 bridgehead atoms. The number of anilines is 2. The number of methoxy groups -OCH3 is 2. The molecule has 156 valence electrons. The van der Waals surface area contributed by atoms with Crippen LogP contribution in [0, 0.1) is 6.92 Å². The number of halogens is 1. The van der Waals surface area contributed by atoms with Crippen molar-refractivity contribution in [2.24, 2.45) is 0 Å². The average Bonchev–Trinajstić information content (AvgIpc) is 2.75. The smallest absolute Gasteiger partial charge is 0.241 e. The summed E-state index contributed by atoms with van der Waals surface area (Å²) < 4.78 is 10.6. The molecule has 3 rings (SSSR count). The summed E-state index contributed by atoms with van der Waals surface area (Å²) in [7, 11) is 3.24. The van der Waals surface area contributed by atoms with Crippen LogP contribution in [0.2, 0.25) is 5.02 Å². The molecular weight excluding hydrogens is 390 g/mol. The molecule has 0 aliphatic carbocycles. The Labute approximate surface area is 177 Å². The number of piperazine rings is 1. The van der Waals surface area contributed by atoms with Gasteiger partial charge in [-0.15, -0.1) is 0 Å². The van der Waals surface area contributed by atoms with Gasteiger partial charge in [-0.1, -0.05) is 11.6 Å². The van der Waals surface area contributed by atoms with E-state index in [1.165, 1.54) is 5.69 Å². The van der Waals surface area contributed by atoms with Gasteiger partial charge in [-0.25, -0.2) is 0 Å². The van der Waals surface area contributed by atoms with E-state index in [4.69, 9.17) is 21.1 Å². The molecule has 7 heteroatoms. The van der Waals surface area contributed by atoms with E-state index in [1.54, 1.807) is 20.3 Å². The van der Waals surface area contributed by atoms with Crippen LogP contribution < -0.4 is 19.7 Å². The third kappa shape index (κ3) is 4.95. The third-order valence-electron chi connectivity index (χ3n) is 5.42. The van der Waals surface area contributed by atoms with Crippen LogP contribution in [0.5, 0.6) is 11.5 Å². The normalized spacial score (nSPS) is 15.7. The maximum absolute atomic E-state index is 12.8. The van der Waals surface area contributed by atoms with E-state index >= 15 is 0 Å². The Hall–Kier alpha value is -2.44. The molecule has 1 aliphatic rings. The first-order chi connectivity index (χ1) is 13.9. The number of hydrogen-bond donors (Lipinski definition) is 1. The zero-order valence-electron chi connectivity index (χ0n) is 17.4. The topological polar surface area (TPSA) is 54.0 Å². The third-order valence-corrected chi connectivity index (χ3v) is 5.82. The first-order valence-electron chi connectivity index (χ1n) is 9.71. The van der Waals surface area contributed by atoms with Crippen molar-refractivity contribution in [3.05, 3.63) is 47.0 Å². The molecule has 2 aromatic carbocycles. The van der Waals surface area contributed by atoms with Crippen molar-refractivity contribution in [1.82, 2.24) is 4.90 Å². The predicted molar refractivity (Wildman–Crippen MR) is 118 cm³/mol. The lowest BCUT2D eigenvalue weighted by atomic mass is 10.1. The van der Waals surface area contributed by atoms with Crippen LogP contribution >= 0.6 is 11.6 Å². The number of benzene rings is 2. The van der Waals surface area contributed by atoms with Crippen LogP contribution in [0.15, 0.2) is 36.4 Å². The standard InChI is InChI=1S/C22H28ClN3O3/c1-15-13-20(21(29-4)14-19(15)23)24-22(27)16(2)25-9-11-26(12-10-25)17-5-7-18(28-3)8-6-17/h5-8,13-14,16H,9-12H2,1-4H3,(H,24,27). The molecule has 1 heterocycles. The fraction of sp³-hybridized carbons (Fsp3) is 0.409. The second-order valence-corrected chi connectivity index (χ2v) is 7.60. The van der Waals surface area contributed by atoms with Crippen molar-refractivity contribution < 1.29 is 14.3 Å². The van der Waals surface area contributed by atoms with E-state index in [0.29, 0.717) is 16.5 Å². The molecule has 1 atom stereocenters. The Morgan fingerprint density at radius 1 is 1.07 bits per heavy atom. The summed E-state index contributed by atoms with van der Waals surface area (Å²) in [6, 6.07) is 11.4. The number of ether oxygens (including phenoxy) is 2. The minimum atomic E-state index is -0.242. The molecule has 0 radical (unpaired) electrons. The highest BCUT2D eigenvalue weighted by Crippen LogP contribution is 2.31. The Morgan fingerprint density at radius 2 is 1.72 bits per heavy atom. The van der Waals surface area contributed by atoms with Gasteiger partial charge >= 0.3 is 0 Å². The highest BCUT2D eigenvalue weighted by Gasteiger charge is 2.26. The van der Waals surface area contributed by atoms with E-state index < -0.39 is 0 Å². The van der Waals surface area contributed by atoms with Gasteiger partial charge in [-0.2, -0.15) is 0 Å². The van der Waals surface area contributed by atoms with Crippen LogP contribution in [-0.4, -0.2) is 57.2 Å². The summed E-state index contributed by atoms with van der Waals surface area (Å²) in [6.45, 7) is 7.21. The SMILES string of the molecule is COc1ccc(N2CCN(C(C)C(=O)Nc3cc(C)c(Cl)cc3OC)CC2)cc1. The molecule has 0 spiro atoms. The summed E-state index contributed by atoms with van der Waals surface area (Å²) in [4.78, 5) is 17.4. The summed E-state index contributed by atoms with van der Waals surface area (Å²) in [5, 5.41) is 3.60. The number of amides is 1. The molecule has 0 saturated carbocycles. The molecule has 1 aliphatic heterocycles. The average molecular weight is 418 g/mol. The fourth-order valence-corrected chi connectivity index (χ4v) is 3.65. The second kappa shape index (κ2) is 9.37. The maximum atomic E-state index is 12.8. The highest BCUT2D eigenvalue weighted by atomic mass is 35.5. The van der Waals surface area contributed by atoms with Gasteiger partial charge in [0.25, 0.3) is 0 Å². The monoisotopic (exact) mass is 417 g/mol. The number of carbonyl (C=O) groups is 1. The molecule has 29 heavy (non-hydrogen) atoms. The van der Waals surface area contributed by atoms with Crippen molar-refractivity contribution in [3.8, 4) is 11.5 Å².